The predicted molar refractivity (Wildman–Crippen MR) is 362 cm³/mol. The summed E-state index contributed by atoms with van der Waals surface area (Å²) in [6.45, 7) is -2.14. The van der Waals surface area contributed by atoms with Gasteiger partial charge in [-0.25, -0.2) is 24.7 Å². The summed E-state index contributed by atoms with van der Waals surface area (Å²) in [7, 11) is 11.1. The van der Waals surface area contributed by atoms with E-state index in [1.165, 1.54) is 92.4 Å². The van der Waals surface area contributed by atoms with E-state index in [9.17, 15) is 34.0 Å². The minimum Gasteiger partial charge on any atom is -0.383 e. The molecule has 10 heterocycles. The van der Waals surface area contributed by atoms with Crippen LogP contribution in [-0.2, 0) is 126 Å². The summed E-state index contributed by atoms with van der Waals surface area (Å²) in [5, 5.41) is 2.60. The molecule has 97 heavy (non-hydrogen) atoms. The molecule has 38 nitrogen and oxygen atoms in total. The lowest BCUT2D eigenvalue weighted by Gasteiger charge is -2.34. The Morgan fingerprint density at radius 3 is 1.33 bits per heavy atom. The van der Waals surface area contributed by atoms with Crippen molar-refractivity contribution in [1.82, 2.24) is 58.8 Å². The molecule has 0 aliphatic carbocycles. The molecule has 10 rings (SSSR count). The maximum absolute atomic E-state index is 12.0. The van der Waals surface area contributed by atoms with Gasteiger partial charge in [0, 0.05) is 75.4 Å². The topological polar surface area (TPSA) is 481 Å². The standard InChI is InChI=1S/C13H20N5O6PS.C13H20N5O5PS.C13H21N2O6PS.C12H20N3O6PS/c1-4-6-8(24-25(20,26)22-3)9(21-2)12(23-6)18-5-15-7-10(18)16-13(14)17-11(7)19;1-4-7-9(23-24(19,25)21-3)10(20-2)13(22-7)18-6-17-8-11(14)15-5-16-12(8)18;1-5-9-11(21-22(17,23)19-4)12(18-3)13(20-9)15-7-6-10(16)14-8(15)2;1-4-7-9(21-22(17,23)19-3)10(18-2)11(20-7)15-6-5-8(13)14-12(15)16/h5-6,8-9,12H,4H2,1-3H3,(H,20,26)(H3,14,16,17,19);5-7,9-10,13H,4H2,1-3H3,(H,19,25)(H2,14,15,16);6-7,9,11-13H,2,5H2,1,3-4H3,(H,14,16)(H,17,23);5-7,9-11H,4H2,1-3H3,(H,17,23)(H2,13,14,16)/t6-,8?,9+,12-,25?;7-,9?,10+,13-,24?;9-,11?,12+,13-,22?;7-,9?,10+,11-,22?/m1111/s1. The van der Waals surface area contributed by atoms with Crippen LogP contribution in [0, 0.1) is 0 Å². The highest BCUT2D eigenvalue weighted by molar-refractivity contribution is 8.08. The molecule has 4 saturated heterocycles. The molecule has 8 unspecified atom stereocenters. The van der Waals surface area contributed by atoms with E-state index < -0.39 is 124 Å². The number of ether oxygens (including phenoxy) is 8. The van der Waals surface area contributed by atoms with Gasteiger partial charge in [0.15, 0.2) is 47.5 Å². The maximum Gasteiger partial charge on any atom is 0.351 e. The number of hydrogen-bond donors (Lipinski definition) is 9. The fourth-order valence-corrected chi connectivity index (χ4v) is 14.7. The van der Waals surface area contributed by atoms with Gasteiger partial charge in [-0.15, -0.1) is 0 Å². The lowest BCUT2D eigenvalue weighted by Crippen LogP contribution is -2.47. The van der Waals surface area contributed by atoms with Gasteiger partial charge < -0.3 is 103 Å². The number of rotatable bonds is 24. The van der Waals surface area contributed by atoms with E-state index >= 15 is 0 Å². The number of nitrogens with two attached hydrogens (primary N) is 3. The molecular formula is C51H81N15O23P4S4. The summed E-state index contributed by atoms with van der Waals surface area (Å²) in [6.07, 6.45) is 1.93. The van der Waals surface area contributed by atoms with E-state index in [0.717, 1.165) is 0 Å². The van der Waals surface area contributed by atoms with E-state index in [-0.39, 0.29) is 46.9 Å². The Morgan fingerprint density at radius 2 is 0.938 bits per heavy atom. The van der Waals surface area contributed by atoms with Crippen molar-refractivity contribution >= 4 is 120 Å². The highest BCUT2D eigenvalue weighted by Gasteiger charge is 2.53. The first-order valence-electron chi connectivity index (χ1n) is 29.3. The minimum atomic E-state index is -3.43. The van der Waals surface area contributed by atoms with Crippen molar-refractivity contribution in [3.8, 4) is 0 Å². The molecule has 0 spiro atoms. The molecule has 0 aromatic carbocycles. The zero-order chi connectivity index (χ0) is 71.6. The molecular weight excluding hydrogens is 1440 g/mol. The Bertz CT molecular complexity index is 3880. The number of imidazole rings is 2. The van der Waals surface area contributed by atoms with Crippen molar-refractivity contribution in [1.29, 1.82) is 0 Å². The average molecular weight is 1520 g/mol. The minimum absolute atomic E-state index is 0.0405. The van der Waals surface area contributed by atoms with Crippen LogP contribution in [0.4, 0.5) is 17.6 Å². The molecule has 4 fully saturated rings. The van der Waals surface area contributed by atoms with Gasteiger partial charge in [-0.3, -0.25) is 46.4 Å². The third-order valence-electron chi connectivity index (χ3n) is 15.5. The lowest BCUT2D eigenvalue weighted by molar-refractivity contribution is -0.118. The van der Waals surface area contributed by atoms with Crippen LogP contribution in [0.15, 0.2) is 65.5 Å². The number of amides is 1. The monoisotopic (exact) mass is 1520 g/mol. The van der Waals surface area contributed by atoms with E-state index in [4.69, 9.17) is 139 Å². The van der Waals surface area contributed by atoms with Gasteiger partial charge in [0.25, 0.3) is 11.5 Å². The Balaban J connectivity index is 0.000000183. The molecule has 20 atom stereocenters. The summed E-state index contributed by atoms with van der Waals surface area (Å²) in [5.41, 5.74) is 17.3. The van der Waals surface area contributed by atoms with Gasteiger partial charge in [-0.05, 0) is 79.0 Å². The first-order chi connectivity index (χ1) is 45.9. The number of nitrogens with one attached hydrogen (secondary N) is 2. The Kier molecular flexibility index (Phi) is 28.6. The summed E-state index contributed by atoms with van der Waals surface area (Å²) in [6, 6.07) is 1.48. The van der Waals surface area contributed by atoms with Crippen molar-refractivity contribution in [2.45, 2.75) is 152 Å². The molecule has 1 amide bonds. The summed E-state index contributed by atoms with van der Waals surface area (Å²) in [4.78, 5) is 104. The maximum atomic E-state index is 12.0. The largest absolute Gasteiger partial charge is 0.383 e. The SMILES string of the molecule is C=C1NC(=O)C=CN1[C@@H]1O[C@H](CC)C(OP(O)(=S)OC)[C@@H]1OC.CC[C@H]1O[C@@H](n2ccc(N)nc2=O)[C@@H](OC)C1OP(O)(=S)OC.CC[C@H]1O[C@@H](n2cnc3c(=O)[nH]c(N)nc32)[C@@H](OC)C1OP(O)(=S)OC.CC[C@H]1O[C@@H](n2cnc3c(N)ncnc32)[C@@H](OC)C1OP(O)(=S)OC. The van der Waals surface area contributed by atoms with Crippen molar-refractivity contribution < 1.29 is 98.5 Å². The van der Waals surface area contributed by atoms with Crippen molar-refractivity contribution in [3.05, 3.63) is 76.8 Å². The van der Waals surface area contributed by atoms with Crippen LogP contribution >= 0.6 is 26.9 Å². The van der Waals surface area contributed by atoms with Crippen LogP contribution in [0.5, 0.6) is 0 Å². The number of H-pyrrole nitrogens is 1. The Morgan fingerprint density at radius 1 is 0.546 bits per heavy atom. The van der Waals surface area contributed by atoms with Crippen molar-refractivity contribution in [2.75, 3.05) is 74.1 Å². The van der Waals surface area contributed by atoms with E-state index in [0.29, 0.717) is 42.7 Å². The molecule has 5 aliphatic rings. The van der Waals surface area contributed by atoms with Gasteiger partial charge in [-0.1, -0.05) is 34.3 Å². The second-order valence-corrected chi connectivity index (χ2v) is 32.7. The summed E-state index contributed by atoms with van der Waals surface area (Å²) < 4.78 is 92.3. The zero-order valence-corrected chi connectivity index (χ0v) is 61.3. The van der Waals surface area contributed by atoms with Crippen LogP contribution in [-0.4, -0.2) is 215 Å². The number of fused-ring (bicyclic) bond motifs is 2. The number of carbonyl (C=O) groups is 1. The van der Waals surface area contributed by atoms with E-state index in [1.807, 2.05) is 27.7 Å². The fraction of sp³-hybridized carbons (Fsp3) is 0.627. The molecule has 46 heteroatoms. The molecule has 0 saturated carbocycles. The van der Waals surface area contributed by atoms with E-state index in [2.05, 4.69) is 46.8 Å². The highest BCUT2D eigenvalue weighted by atomic mass is 32.5. The van der Waals surface area contributed by atoms with Crippen LogP contribution < -0.4 is 33.8 Å². The second-order valence-electron chi connectivity index (χ2n) is 21.1. The number of nitrogens with zero attached hydrogens (tertiary/aromatic N) is 10. The summed E-state index contributed by atoms with van der Waals surface area (Å²) >= 11 is 19.7. The average Bonchev–Trinajstić information content (AvgIpc) is 1.66. The molecule has 0 bridgehead atoms. The number of nitrogen functional groups attached to an aromatic ring is 3. The first kappa shape index (κ1) is 80.0. The third-order valence-corrected chi connectivity index (χ3v) is 22.2. The van der Waals surface area contributed by atoms with Crippen molar-refractivity contribution in [2.24, 2.45) is 0 Å². The fourth-order valence-electron chi connectivity index (χ4n) is 10.9. The molecule has 0 radical (unpaired) electrons. The van der Waals surface area contributed by atoms with Gasteiger partial charge in [0.05, 0.1) is 37.1 Å². The highest BCUT2D eigenvalue weighted by Crippen LogP contribution is 2.52. The lowest BCUT2D eigenvalue weighted by atomic mass is 10.1. The molecule has 542 valence electrons. The number of methoxy groups -OCH3 is 4. The normalized spacial score (nSPS) is 30.3. The number of aromatic nitrogens is 10. The smallest absolute Gasteiger partial charge is 0.351 e. The quantitative estimate of drug-likeness (QED) is 0.0401. The molecule has 5 aromatic rings. The van der Waals surface area contributed by atoms with E-state index in [1.54, 1.807) is 26.6 Å². The Hall–Kier alpha value is -4.27. The number of anilines is 3. The molecule has 5 aliphatic heterocycles. The molecule has 5 aromatic heterocycles. The van der Waals surface area contributed by atoms with Crippen LogP contribution in [0.25, 0.3) is 22.3 Å². The third kappa shape index (κ3) is 18.9. The summed E-state index contributed by atoms with van der Waals surface area (Å²) in [5.74, 6) is 0.462. The van der Waals surface area contributed by atoms with Gasteiger partial charge >= 0.3 is 32.6 Å². The number of hydrogen-bond acceptors (Lipinski definition) is 33. The molecule has 12 N–H and O–H groups in total. The number of carbonyl (C=O) groups excluding carboxylic acids is 1. The predicted octanol–water partition coefficient (Wildman–Crippen LogP) is 2.45. The zero-order valence-electron chi connectivity index (χ0n) is 54.5. The van der Waals surface area contributed by atoms with Crippen molar-refractivity contribution in [3.63, 3.8) is 0 Å². The second kappa shape index (κ2) is 34.6. The first-order valence-corrected chi connectivity index (χ1v) is 39.7. The van der Waals surface area contributed by atoms with Gasteiger partial charge in [-0.2, -0.15) is 9.97 Å². The van der Waals surface area contributed by atoms with Crippen LogP contribution in [0.1, 0.15) is 72.1 Å². The van der Waals surface area contributed by atoms with Gasteiger partial charge in [0.2, 0.25) is 5.95 Å². The van der Waals surface area contributed by atoms with Gasteiger partial charge in [0.1, 0.15) is 72.3 Å². The number of aromatic amines is 1. The van der Waals surface area contributed by atoms with Crippen LogP contribution in [0.3, 0.4) is 0 Å². The van der Waals surface area contributed by atoms with Crippen LogP contribution in [0.2, 0.25) is 0 Å². The Labute approximate surface area is 576 Å².